The van der Waals surface area contributed by atoms with Gasteiger partial charge in [-0.15, -0.1) is 0 Å². The molecule has 2 N–H and O–H groups in total. The maximum atomic E-state index is 13.4. The Kier molecular flexibility index (Phi) is 2.94. The fraction of sp³-hybridized carbons (Fsp3) is 0.455. The van der Waals surface area contributed by atoms with Crippen molar-refractivity contribution in [2.45, 2.75) is 18.9 Å². The molecule has 0 bridgehead atoms. The van der Waals surface area contributed by atoms with E-state index in [1.807, 2.05) is 4.98 Å². The smallest absolute Gasteiger partial charge is 0.328 e. The van der Waals surface area contributed by atoms with Gasteiger partial charge in [-0.1, -0.05) is 6.08 Å². The van der Waals surface area contributed by atoms with E-state index in [1.54, 1.807) is 0 Å². The summed E-state index contributed by atoms with van der Waals surface area (Å²) in [7, 11) is 0. The van der Waals surface area contributed by atoms with E-state index in [9.17, 15) is 18.4 Å². The summed E-state index contributed by atoms with van der Waals surface area (Å²) in [4.78, 5) is 24.8. The Morgan fingerprint density at radius 2 is 2.17 bits per heavy atom. The van der Waals surface area contributed by atoms with E-state index in [4.69, 9.17) is 5.11 Å². The Bertz CT molecular complexity index is 603. The first-order valence-corrected chi connectivity index (χ1v) is 5.37. The molecular formula is C11H12F2N2O3. The number of nitrogens with zero attached hydrogens (tertiary/aromatic N) is 1. The number of aromatic nitrogens is 2. The third-order valence-corrected chi connectivity index (χ3v) is 3.09. The lowest BCUT2D eigenvalue weighted by molar-refractivity contribution is -0.0352. The van der Waals surface area contributed by atoms with Crippen LogP contribution < -0.4 is 11.2 Å². The van der Waals surface area contributed by atoms with Gasteiger partial charge in [0.25, 0.3) is 11.5 Å². The first kappa shape index (κ1) is 12.7. The minimum atomic E-state index is -3.16. The molecule has 1 aromatic rings. The second kappa shape index (κ2) is 4.16. The lowest BCUT2D eigenvalue weighted by Crippen LogP contribution is -2.38. The molecule has 0 saturated heterocycles. The van der Waals surface area contributed by atoms with E-state index in [0.29, 0.717) is 6.08 Å². The lowest BCUT2D eigenvalue weighted by atomic mass is 10.0. The van der Waals surface area contributed by atoms with E-state index >= 15 is 0 Å². The molecule has 98 valence electrons. The second-order valence-electron chi connectivity index (χ2n) is 4.29. The number of aliphatic hydroxyl groups is 1. The highest BCUT2D eigenvalue weighted by Crippen LogP contribution is 2.40. The number of H-pyrrole nitrogens is 1. The first-order chi connectivity index (χ1) is 8.36. The van der Waals surface area contributed by atoms with Crippen LogP contribution in [0.15, 0.2) is 27.9 Å². The molecule has 1 heterocycles. The largest absolute Gasteiger partial charge is 0.396 e. The van der Waals surface area contributed by atoms with E-state index in [2.05, 4.69) is 0 Å². The van der Waals surface area contributed by atoms with Gasteiger partial charge in [-0.3, -0.25) is 14.3 Å². The zero-order chi connectivity index (χ0) is 13.5. The number of halogens is 2. The SMILES string of the molecule is Cc1cn([C@@H]2C=CC(F)(F)[C@@H]2CO)c(=O)[nH]c1=O. The molecule has 5 nitrogen and oxygen atoms in total. The van der Waals surface area contributed by atoms with Crippen molar-refractivity contribution in [3.63, 3.8) is 0 Å². The van der Waals surface area contributed by atoms with Crippen LogP contribution in [0.5, 0.6) is 0 Å². The van der Waals surface area contributed by atoms with Gasteiger partial charge in [0.15, 0.2) is 0 Å². The standard InChI is InChI=1S/C11H12F2N2O3/c1-6-4-15(10(18)14-9(6)17)8-2-3-11(12,13)7(8)5-16/h2-4,7-8,16H,5H2,1H3,(H,14,17,18)/t7-,8-/m1/s1. The van der Waals surface area contributed by atoms with Crippen LogP contribution in [0.3, 0.4) is 0 Å². The highest BCUT2D eigenvalue weighted by atomic mass is 19.3. The maximum absolute atomic E-state index is 13.4. The third kappa shape index (κ3) is 1.90. The Morgan fingerprint density at radius 3 is 2.78 bits per heavy atom. The van der Waals surface area contributed by atoms with E-state index in [0.717, 1.165) is 4.57 Å². The molecule has 7 heteroatoms. The van der Waals surface area contributed by atoms with Crippen molar-refractivity contribution in [2.75, 3.05) is 6.61 Å². The highest BCUT2D eigenvalue weighted by molar-refractivity contribution is 5.16. The number of alkyl halides is 2. The molecule has 2 atom stereocenters. The molecule has 0 fully saturated rings. The zero-order valence-corrected chi connectivity index (χ0v) is 9.56. The fourth-order valence-corrected chi connectivity index (χ4v) is 2.04. The summed E-state index contributed by atoms with van der Waals surface area (Å²) in [5.74, 6) is -4.57. The molecule has 0 aliphatic heterocycles. The summed E-state index contributed by atoms with van der Waals surface area (Å²) in [5.41, 5.74) is -1.07. The van der Waals surface area contributed by atoms with Crippen LogP contribution in [0, 0.1) is 12.8 Å². The van der Waals surface area contributed by atoms with Crippen molar-refractivity contribution < 1.29 is 13.9 Å². The zero-order valence-electron chi connectivity index (χ0n) is 9.56. The summed E-state index contributed by atoms with van der Waals surface area (Å²) in [6, 6.07) is -0.965. The number of allylic oxidation sites excluding steroid dienone is 2. The molecule has 0 saturated carbocycles. The molecule has 1 aliphatic carbocycles. The van der Waals surface area contributed by atoms with Gasteiger partial charge in [-0.2, -0.15) is 0 Å². The van der Waals surface area contributed by atoms with Crippen LogP contribution in [0.4, 0.5) is 8.78 Å². The van der Waals surface area contributed by atoms with Crippen molar-refractivity contribution in [3.05, 3.63) is 44.8 Å². The molecule has 0 radical (unpaired) electrons. The summed E-state index contributed by atoms with van der Waals surface area (Å²) >= 11 is 0. The highest BCUT2D eigenvalue weighted by Gasteiger charge is 2.46. The Hall–Kier alpha value is -1.76. The van der Waals surface area contributed by atoms with Gasteiger partial charge in [-0.05, 0) is 13.0 Å². The minimum absolute atomic E-state index is 0.245. The Morgan fingerprint density at radius 1 is 1.50 bits per heavy atom. The van der Waals surface area contributed by atoms with Gasteiger partial charge < -0.3 is 5.11 Å². The van der Waals surface area contributed by atoms with E-state index in [-0.39, 0.29) is 5.56 Å². The van der Waals surface area contributed by atoms with Crippen molar-refractivity contribution >= 4 is 0 Å². The van der Waals surface area contributed by atoms with Gasteiger partial charge in [0.2, 0.25) is 0 Å². The second-order valence-corrected chi connectivity index (χ2v) is 4.29. The van der Waals surface area contributed by atoms with Crippen LogP contribution >= 0.6 is 0 Å². The molecule has 18 heavy (non-hydrogen) atoms. The number of hydrogen-bond donors (Lipinski definition) is 2. The topological polar surface area (TPSA) is 75.1 Å². The molecule has 0 unspecified atom stereocenters. The van der Waals surface area contributed by atoms with Crippen LogP contribution in [0.2, 0.25) is 0 Å². The molecule has 1 aliphatic rings. The number of aliphatic hydroxyl groups excluding tert-OH is 1. The first-order valence-electron chi connectivity index (χ1n) is 5.37. The van der Waals surface area contributed by atoms with Crippen molar-refractivity contribution in [2.24, 2.45) is 5.92 Å². The van der Waals surface area contributed by atoms with Gasteiger partial charge in [0.05, 0.1) is 18.6 Å². The van der Waals surface area contributed by atoms with Crippen LogP contribution in [-0.2, 0) is 0 Å². The Labute approximate surface area is 100 Å². The number of rotatable bonds is 2. The van der Waals surface area contributed by atoms with Gasteiger partial charge in [0.1, 0.15) is 0 Å². The number of nitrogens with one attached hydrogen (secondary N) is 1. The molecule has 0 amide bonds. The quantitative estimate of drug-likeness (QED) is 0.744. The van der Waals surface area contributed by atoms with E-state index in [1.165, 1.54) is 19.2 Å². The van der Waals surface area contributed by atoms with Gasteiger partial charge >= 0.3 is 5.69 Å². The number of hydrogen-bond acceptors (Lipinski definition) is 3. The van der Waals surface area contributed by atoms with Crippen LogP contribution in [-0.4, -0.2) is 27.2 Å². The normalized spacial score (nSPS) is 25.6. The van der Waals surface area contributed by atoms with Crippen molar-refractivity contribution in [1.82, 2.24) is 9.55 Å². The predicted octanol–water partition coefficient (Wildman–Crippen LogP) is 0.200. The minimum Gasteiger partial charge on any atom is -0.396 e. The maximum Gasteiger partial charge on any atom is 0.328 e. The van der Waals surface area contributed by atoms with Gasteiger partial charge in [-0.25, -0.2) is 13.6 Å². The van der Waals surface area contributed by atoms with Crippen molar-refractivity contribution in [1.29, 1.82) is 0 Å². The summed E-state index contributed by atoms with van der Waals surface area (Å²) < 4.78 is 27.9. The van der Waals surface area contributed by atoms with Crippen LogP contribution in [0.1, 0.15) is 11.6 Å². The average molecular weight is 258 g/mol. The Balaban J connectivity index is 2.51. The predicted molar refractivity (Wildman–Crippen MR) is 59.8 cm³/mol. The fourth-order valence-electron chi connectivity index (χ4n) is 2.04. The third-order valence-electron chi connectivity index (χ3n) is 3.09. The number of aromatic amines is 1. The molecule has 2 rings (SSSR count). The van der Waals surface area contributed by atoms with Gasteiger partial charge in [0, 0.05) is 11.8 Å². The lowest BCUT2D eigenvalue weighted by Gasteiger charge is -2.24. The summed E-state index contributed by atoms with van der Waals surface area (Å²) in [6.07, 6.45) is 3.06. The molecule has 0 aromatic carbocycles. The monoisotopic (exact) mass is 258 g/mol. The summed E-state index contributed by atoms with van der Waals surface area (Å²) in [6.45, 7) is 0.717. The number of aryl methyl sites for hydroxylation is 1. The van der Waals surface area contributed by atoms with E-state index < -0.39 is 35.7 Å². The molecule has 1 aromatic heterocycles. The average Bonchev–Trinajstić information content (AvgIpc) is 2.58. The molecule has 0 spiro atoms. The van der Waals surface area contributed by atoms with Crippen molar-refractivity contribution in [3.8, 4) is 0 Å². The summed E-state index contributed by atoms with van der Waals surface area (Å²) in [5, 5.41) is 9.04. The van der Waals surface area contributed by atoms with Crippen LogP contribution in [0.25, 0.3) is 0 Å². The molecular weight excluding hydrogens is 246 g/mol.